The molecule has 1 aromatic carbocycles. The molecule has 1 aliphatic heterocycles. The minimum atomic E-state index is -0.253. The second-order valence-corrected chi connectivity index (χ2v) is 6.66. The summed E-state index contributed by atoms with van der Waals surface area (Å²) in [5.74, 6) is -0.166. The lowest BCUT2D eigenvalue weighted by Crippen LogP contribution is -2.43. The van der Waals surface area contributed by atoms with Crippen molar-refractivity contribution in [2.45, 2.75) is 39.2 Å². The maximum absolute atomic E-state index is 13.5. The van der Waals surface area contributed by atoms with Crippen molar-refractivity contribution in [2.75, 3.05) is 26.7 Å². The molecule has 0 atom stereocenters. The first-order valence-electron chi connectivity index (χ1n) is 8.96. The molecule has 1 heterocycles. The van der Waals surface area contributed by atoms with E-state index in [9.17, 15) is 14.0 Å². The minimum absolute atomic E-state index is 0.0109. The van der Waals surface area contributed by atoms with Crippen LogP contribution in [0.4, 0.5) is 4.39 Å². The summed E-state index contributed by atoms with van der Waals surface area (Å²) in [6.45, 7) is 4.15. The van der Waals surface area contributed by atoms with Crippen molar-refractivity contribution in [2.24, 2.45) is 5.92 Å². The van der Waals surface area contributed by atoms with Gasteiger partial charge in [0.15, 0.2) is 0 Å². The van der Waals surface area contributed by atoms with Crippen LogP contribution < -0.4 is 10.6 Å². The van der Waals surface area contributed by atoms with Crippen LogP contribution in [0.15, 0.2) is 18.2 Å². The number of halogens is 1. The first kappa shape index (κ1) is 19.4. The first-order valence-corrected chi connectivity index (χ1v) is 8.96. The van der Waals surface area contributed by atoms with E-state index in [4.69, 9.17) is 0 Å². The molecule has 5 nitrogen and oxygen atoms in total. The molecule has 2 amide bonds. The molecule has 0 bridgehead atoms. The number of amides is 2. The van der Waals surface area contributed by atoms with E-state index in [1.807, 2.05) is 18.0 Å². The molecular formula is C19H28FN3O2. The zero-order chi connectivity index (χ0) is 18.2. The first-order chi connectivity index (χ1) is 12.0. The predicted molar refractivity (Wildman–Crippen MR) is 95.4 cm³/mol. The van der Waals surface area contributed by atoms with E-state index in [0.29, 0.717) is 44.5 Å². The normalized spacial score (nSPS) is 15.2. The lowest BCUT2D eigenvalue weighted by atomic mass is 9.95. The van der Waals surface area contributed by atoms with Crippen molar-refractivity contribution in [3.8, 4) is 0 Å². The topological polar surface area (TPSA) is 61.4 Å². The summed E-state index contributed by atoms with van der Waals surface area (Å²) in [6, 6.07) is 5.00. The Morgan fingerprint density at radius 3 is 2.64 bits per heavy atom. The summed E-state index contributed by atoms with van der Waals surface area (Å²) in [5, 5.41) is 5.92. The molecule has 138 valence electrons. The average molecular weight is 349 g/mol. The lowest BCUT2D eigenvalue weighted by Gasteiger charge is -2.31. The van der Waals surface area contributed by atoms with Crippen molar-refractivity contribution in [1.29, 1.82) is 0 Å². The summed E-state index contributed by atoms with van der Waals surface area (Å²) >= 11 is 0. The fourth-order valence-corrected chi connectivity index (χ4v) is 3.05. The molecular weight excluding hydrogens is 321 g/mol. The maximum Gasteiger partial charge on any atom is 0.223 e. The van der Waals surface area contributed by atoms with Crippen molar-refractivity contribution in [3.63, 3.8) is 0 Å². The molecule has 25 heavy (non-hydrogen) atoms. The van der Waals surface area contributed by atoms with Gasteiger partial charge >= 0.3 is 0 Å². The quantitative estimate of drug-likeness (QED) is 0.740. The van der Waals surface area contributed by atoms with Gasteiger partial charge in [-0.25, -0.2) is 4.39 Å². The zero-order valence-corrected chi connectivity index (χ0v) is 15.1. The molecule has 0 radical (unpaired) electrons. The molecule has 2 rings (SSSR count). The highest BCUT2D eigenvalue weighted by molar-refractivity contribution is 5.80. The van der Waals surface area contributed by atoms with Gasteiger partial charge in [-0.05, 0) is 57.0 Å². The van der Waals surface area contributed by atoms with Crippen LogP contribution in [0.3, 0.4) is 0 Å². The van der Waals surface area contributed by atoms with Gasteiger partial charge in [0.2, 0.25) is 11.8 Å². The minimum Gasteiger partial charge on any atom is -0.352 e. The van der Waals surface area contributed by atoms with Crippen molar-refractivity contribution in [1.82, 2.24) is 15.5 Å². The summed E-state index contributed by atoms with van der Waals surface area (Å²) in [6.07, 6.45) is 2.76. The third-order valence-corrected chi connectivity index (χ3v) is 4.74. The molecule has 6 heteroatoms. The standard InChI is InChI=1S/C19H28FN3O2/c1-14-5-6-15(12-17(14)20)13-22-19(25)16-7-10-23(11-8-16)18(24)4-3-9-21-2/h5-6,12,16,21H,3-4,7-11,13H2,1-2H3,(H,22,25). The van der Waals surface area contributed by atoms with Crippen LogP contribution in [0.25, 0.3) is 0 Å². The highest BCUT2D eigenvalue weighted by Crippen LogP contribution is 2.18. The molecule has 0 saturated carbocycles. The van der Waals surface area contributed by atoms with E-state index in [1.54, 1.807) is 13.0 Å². The van der Waals surface area contributed by atoms with Crippen LogP contribution in [0, 0.1) is 18.7 Å². The van der Waals surface area contributed by atoms with Gasteiger partial charge in [-0.2, -0.15) is 0 Å². The van der Waals surface area contributed by atoms with Crippen LogP contribution in [-0.4, -0.2) is 43.4 Å². The summed E-state index contributed by atoms with van der Waals surface area (Å²) in [7, 11) is 1.87. The molecule has 0 aromatic heterocycles. The Bertz CT molecular complexity index is 598. The number of piperidine rings is 1. The highest BCUT2D eigenvalue weighted by atomic mass is 19.1. The van der Waals surface area contributed by atoms with Gasteiger partial charge in [0.1, 0.15) is 5.82 Å². The molecule has 0 unspecified atom stereocenters. The molecule has 0 spiro atoms. The van der Waals surface area contributed by atoms with Crippen LogP contribution >= 0.6 is 0 Å². The van der Waals surface area contributed by atoms with Crippen LogP contribution in [-0.2, 0) is 16.1 Å². The number of carbonyl (C=O) groups is 2. The van der Waals surface area contributed by atoms with Crippen LogP contribution in [0.1, 0.15) is 36.8 Å². The number of nitrogens with zero attached hydrogens (tertiary/aromatic N) is 1. The Hall–Kier alpha value is -1.95. The summed E-state index contributed by atoms with van der Waals surface area (Å²) < 4.78 is 13.5. The van der Waals surface area contributed by atoms with E-state index < -0.39 is 0 Å². The zero-order valence-electron chi connectivity index (χ0n) is 15.1. The Balaban J connectivity index is 1.73. The molecule has 1 aromatic rings. The lowest BCUT2D eigenvalue weighted by molar-refractivity contribution is -0.135. The molecule has 1 fully saturated rings. The SMILES string of the molecule is CNCCCC(=O)N1CCC(C(=O)NCc2ccc(C)c(F)c2)CC1. The van der Waals surface area contributed by atoms with Gasteiger partial charge in [0.25, 0.3) is 0 Å². The number of aryl methyl sites for hydroxylation is 1. The number of likely N-dealkylation sites (tertiary alicyclic amines) is 1. The Morgan fingerprint density at radius 1 is 1.28 bits per heavy atom. The van der Waals surface area contributed by atoms with E-state index in [-0.39, 0.29) is 23.5 Å². The van der Waals surface area contributed by atoms with E-state index in [1.165, 1.54) is 6.07 Å². The second-order valence-electron chi connectivity index (χ2n) is 6.66. The van der Waals surface area contributed by atoms with E-state index >= 15 is 0 Å². The molecule has 2 N–H and O–H groups in total. The summed E-state index contributed by atoms with van der Waals surface area (Å²) in [4.78, 5) is 26.2. The number of nitrogens with one attached hydrogen (secondary N) is 2. The van der Waals surface area contributed by atoms with Gasteiger partial charge in [-0.1, -0.05) is 12.1 Å². The fraction of sp³-hybridized carbons (Fsp3) is 0.579. The largest absolute Gasteiger partial charge is 0.352 e. The predicted octanol–water partition coefficient (Wildman–Crippen LogP) is 1.99. The number of benzene rings is 1. The Labute approximate surface area is 149 Å². The Kier molecular flexibility index (Phi) is 7.37. The van der Waals surface area contributed by atoms with Crippen LogP contribution in [0.2, 0.25) is 0 Å². The number of carbonyl (C=O) groups excluding carboxylic acids is 2. The summed E-state index contributed by atoms with van der Waals surface area (Å²) in [5.41, 5.74) is 1.36. The smallest absolute Gasteiger partial charge is 0.223 e. The Morgan fingerprint density at radius 2 is 2.00 bits per heavy atom. The van der Waals surface area contributed by atoms with Crippen LogP contribution in [0.5, 0.6) is 0 Å². The number of hydrogen-bond acceptors (Lipinski definition) is 3. The van der Waals surface area contributed by atoms with Gasteiger partial charge < -0.3 is 15.5 Å². The number of rotatable bonds is 7. The molecule has 0 aliphatic carbocycles. The number of hydrogen-bond donors (Lipinski definition) is 2. The monoisotopic (exact) mass is 349 g/mol. The highest BCUT2D eigenvalue weighted by Gasteiger charge is 2.26. The van der Waals surface area contributed by atoms with Gasteiger partial charge in [0, 0.05) is 32.0 Å². The maximum atomic E-state index is 13.5. The second kappa shape index (κ2) is 9.51. The third-order valence-electron chi connectivity index (χ3n) is 4.74. The van der Waals surface area contributed by atoms with E-state index in [0.717, 1.165) is 18.5 Å². The van der Waals surface area contributed by atoms with Crippen molar-refractivity contribution >= 4 is 11.8 Å². The fourth-order valence-electron chi connectivity index (χ4n) is 3.05. The molecule has 1 saturated heterocycles. The molecule has 1 aliphatic rings. The van der Waals surface area contributed by atoms with Crippen molar-refractivity contribution < 1.29 is 14.0 Å². The van der Waals surface area contributed by atoms with E-state index in [2.05, 4.69) is 10.6 Å². The van der Waals surface area contributed by atoms with Gasteiger partial charge in [-0.3, -0.25) is 9.59 Å². The van der Waals surface area contributed by atoms with Gasteiger partial charge in [-0.15, -0.1) is 0 Å². The van der Waals surface area contributed by atoms with Crippen molar-refractivity contribution in [3.05, 3.63) is 35.1 Å². The average Bonchev–Trinajstić information content (AvgIpc) is 2.62. The third kappa shape index (κ3) is 5.81. The van der Waals surface area contributed by atoms with Gasteiger partial charge in [0.05, 0.1) is 0 Å².